The summed E-state index contributed by atoms with van der Waals surface area (Å²) in [6.45, 7) is 0. The van der Waals surface area contributed by atoms with Crippen molar-refractivity contribution >= 4 is 0 Å². The summed E-state index contributed by atoms with van der Waals surface area (Å²) in [6, 6.07) is 6.04. The van der Waals surface area contributed by atoms with Crippen molar-refractivity contribution in [1.82, 2.24) is 4.98 Å². The molecule has 0 aliphatic heterocycles. The third-order valence-corrected chi connectivity index (χ3v) is 4.33. The minimum absolute atomic E-state index is 0.106. The van der Waals surface area contributed by atoms with Gasteiger partial charge in [-0.15, -0.1) is 0 Å². The highest BCUT2D eigenvalue weighted by molar-refractivity contribution is 5.03. The Morgan fingerprint density at radius 3 is 2.74 bits per heavy atom. The number of aliphatic hydroxyl groups is 1. The molecule has 2 rings (SSSR count). The molecule has 0 amide bonds. The van der Waals surface area contributed by atoms with E-state index in [9.17, 15) is 5.11 Å². The van der Waals surface area contributed by atoms with Crippen molar-refractivity contribution in [3.8, 4) is 0 Å². The molecule has 0 bridgehead atoms. The molecule has 1 atom stereocenters. The minimum Gasteiger partial charge on any atom is -0.393 e. The Labute approximate surface area is 117 Å². The van der Waals surface area contributed by atoms with E-state index in [0.717, 1.165) is 37.3 Å². The zero-order valence-electron chi connectivity index (χ0n) is 11.9. The van der Waals surface area contributed by atoms with Gasteiger partial charge in [-0.25, -0.2) is 0 Å². The lowest BCUT2D eigenvalue weighted by molar-refractivity contribution is 0.138. The third kappa shape index (κ3) is 5.73. The van der Waals surface area contributed by atoms with Crippen molar-refractivity contribution in [2.24, 2.45) is 5.92 Å². The Morgan fingerprint density at radius 1 is 1.16 bits per heavy atom. The van der Waals surface area contributed by atoms with E-state index in [1.54, 1.807) is 0 Å². The predicted molar refractivity (Wildman–Crippen MR) is 79.0 cm³/mol. The van der Waals surface area contributed by atoms with Gasteiger partial charge in [0.1, 0.15) is 0 Å². The van der Waals surface area contributed by atoms with E-state index >= 15 is 0 Å². The van der Waals surface area contributed by atoms with E-state index in [4.69, 9.17) is 0 Å². The van der Waals surface area contributed by atoms with Crippen LogP contribution >= 0.6 is 0 Å². The molecule has 1 N–H and O–H groups in total. The van der Waals surface area contributed by atoms with Crippen molar-refractivity contribution in [1.29, 1.82) is 0 Å². The molecule has 1 heterocycles. The van der Waals surface area contributed by atoms with Crippen molar-refractivity contribution in [2.75, 3.05) is 0 Å². The molecule has 1 aromatic rings. The predicted octanol–water partition coefficient (Wildman–Crippen LogP) is 4.13. The second-order valence-electron chi connectivity index (χ2n) is 5.95. The van der Waals surface area contributed by atoms with Gasteiger partial charge in [-0.3, -0.25) is 4.98 Å². The molecular formula is C17H27NO. The first-order valence-electron chi connectivity index (χ1n) is 7.92. The number of hydrogen-bond donors (Lipinski definition) is 1. The van der Waals surface area contributed by atoms with Crippen LogP contribution in [0.15, 0.2) is 24.4 Å². The van der Waals surface area contributed by atoms with Crippen LogP contribution in [0.3, 0.4) is 0 Å². The topological polar surface area (TPSA) is 33.1 Å². The smallest absolute Gasteiger partial charge is 0.0540 e. The van der Waals surface area contributed by atoms with Crippen molar-refractivity contribution < 1.29 is 5.11 Å². The molecule has 2 heteroatoms. The lowest BCUT2D eigenvalue weighted by Crippen LogP contribution is -2.12. The summed E-state index contributed by atoms with van der Waals surface area (Å²) in [5, 5.41) is 10.0. The normalized spacial score (nSPS) is 18.4. The fraction of sp³-hybridized carbons (Fsp3) is 0.706. The van der Waals surface area contributed by atoms with Crippen LogP contribution in [0.1, 0.15) is 63.5 Å². The maximum Gasteiger partial charge on any atom is 0.0540 e. The van der Waals surface area contributed by atoms with Crippen LogP contribution in [-0.4, -0.2) is 16.2 Å². The number of hydrogen-bond acceptors (Lipinski definition) is 2. The molecule has 1 unspecified atom stereocenters. The standard InChI is InChI=1S/C17H27NO/c19-17(13-12-15-7-2-1-3-8-15)11-6-10-16-9-4-5-14-18-16/h4-5,9,14-15,17,19H,1-3,6-8,10-13H2. The summed E-state index contributed by atoms with van der Waals surface area (Å²) in [7, 11) is 0. The van der Waals surface area contributed by atoms with Crippen LogP contribution in [0.25, 0.3) is 0 Å². The molecule has 0 saturated heterocycles. The largest absolute Gasteiger partial charge is 0.393 e. The van der Waals surface area contributed by atoms with Crippen LogP contribution in [0, 0.1) is 5.92 Å². The molecule has 1 saturated carbocycles. The Morgan fingerprint density at radius 2 is 2.00 bits per heavy atom. The molecule has 1 fully saturated rings. The Kier molecular flexibility index (Phi) is 6.35. The van der Waals surface area contributed by atoms with E-state index in [2.05, 4.69) is 11.1 Å². The first-order chi connectivity index (χ1) is 9.34. The summed E-state index contributed by atoms with van der Waals surface area (Å²) < 4.78 is 0. The molecule has 1 aliphatic rings. The Balaban J connectivity index is 1.55. The summed E-state index contributed by atoms with van der Waals surface area (Å²) in [5.41, 5.74) is 1.14. The molecular weight excluding hydrogens is 234 g/mol. The fourth-order valence-corrected chi connectivity index (χ4v) is 3.11. The van der Waals surface area contributed by atoms with Crippen LogP contribution in [-0.2, 0) is 6.42 Å². The zero-order chi connectivity index (χ0) is 13.3. The second kappa shape index (κ2) is 8.31. The molecule has 1 aromatic heterocycles. The Hall–Kier alpha value is -0.890. The van der Waals surface area contributed by atoms with Crippen molar-refractivity contribution in [3.63, 3.8) is 0 Å². The number of rotatable bonds is 7. The van der Waals surface area contributed by atoms with E-state index in [1.807, 2.05) is 18.3 Å². The molecule has 0 spiro atoms. The maximum atomic E-state index is 10.0. The highest BCUT2D eigenvalue weighted by Crippen LogP contribution is 2.28. The van der Waals surface area contributed by atoms with Gasteiger partial charge in [0, 0.05) is 11.9 Å². The van der Waals surface area contributed by atoms with E-state index in [1.165, 1.54) is 38.5 Å². The number of aryl methyl sites for hydroxylation is 1. The monoisotopic (exact) mass is 261 g/mol. The molecule has 1 aliphatic carbocycles. The summed E-state index contributed by atoms with van der Waals surface area (Å²) in [6.07, 6.45) is 13.9. The summed E-state index contributed by atoms with van der Waals surface area (Å²) in [5.74, 6) is 0.888. The maximum absolute atomic E-state index is 10.0. The second-order valence-corrected chi connectivity index (χ2v) is 5.95. The van der Waals surface area contributed by atoms with Gasteiger partial charge < -0.3 is 5.11 Å². The lowest BCUT2D eigenvalue weighted by Gasteiger charge is -2.22. The van der Waals surface area contributed by atoms with Crippen LogP contribution in [0.2, 0.25) is 0 Å². The first kappa shape index (κ1) is 14.5. The average molecular weight is 261 g/mol. The van der Waals surface area contributed by atoms with Crippen LogP contribution in [0.4, 0.5) is 0 Å². The first-order valence-corrected chi connectivity index (χ1v) is 7.92. The molecule has 106 valence electrons. The summed E-state index contributed by atoms with van der Waals surface area (Å²) in [4.78, 5) is 4.31. The quantitative estimate of drug-likeness (QED) is 0.800. The Bertz CT molecular complexity index is 332. The fourth-order valence-electron chi connectivity index (χ4n) is 3.11. The van der Waals surface area contributed by atoms with Gasteiger partial charge in [-0.05, 0) is 50.2 Å². The van der Waals surface area contributed by atoms with Crippen LogP contribution in [0.5, 0.6) is 0 Å². The van der Waals surface area contributed by atoms with Crippen molar-refractivity contribution in [3.05, 3.63) is 30.1 Å². The van der Waals surface area contributed by atoms with Gasteiger partial charge in [-0.1, -0.05) is 38.2 Å². The molecule has 0 aromatic carbocycles. The van der Waals surface area contributed by atoms with Crippen LogP contribution < -0.4 is 0 Å². The highest BCUT2D eigenvalue weighted by atomic mass is 16.3. The SMILES string of the molecule is OC(CCCc1ccccn1)CCC1CCCCC1. The van der Waals surface area contributed by atoms with Gasteiger partial charge in [0.2, 0.25) is 0 Å². The number of aromatic nitrogens is 1. The van der Waals surface area contributed by atoms with Gasteiger partial charge in [0.15, 0.2) is 0 Å². The highest BCUT2D eigenvalue weighted by Gasteiger charge is 2.15. The van der Waals surface area contributed by atoms with E-state index in [-0.39, 0.29) is 6.10 Å². The molecule has 0 radical (unpaired) electrons. The average Bonchev–Trinajstić information content (AvgIpc) is 2.47. The van der Waals surface area contributed by atoms with Crippen molar-refractivity contribution in [2.45, 2.75) is 70.3 Å². The van der Waals surface area contributed by atoms with Gasteiger partial charge >= 0.3 is 0 Å². The van der Waals surface area contributed by atoms with E-state index in [0.29, 0.717) is 0 Å². The third-order valence-electron chi connectivity index (χ3n) is 4.33. The lowest BCUT2D eigenvalue weighted by atomic mass is 9.85. The summed E-state index contributed by atoms with van der Waals surface area (Å²) >= 11 is 0. The number of aliphatic hydroxyl groups excluding tert-OH is 1. The zero-order valence-corrected chi connectivity index (χ0v) is 11.9. The number of nitrogens with zero attached hydrogens (tertiary/aromatic N) is 1. The van der Waals surface area contributed by atoms with Gasteiger partial charge in [0.25, 0.3) is 0 Å². The van der Waals surface area contributed by atoms with Gasteiger partial charge in [-0.2, -0.15) is 0 Å². The van der Waals surface area contributed by atoms with Gasteiger partial charge in [0.05, 0.1) is 6.10 Å². The van der Waals surface area contributed by atoms with E-state index < -0.39 is 0 Å². The molecule has 2 nitrogen and oxygen atoms in total. The number of pyridine rings is 1. The minimum atomic E-state index is -0.106. The molecule has 19 heavy (non-hydrogen) atoms.